The lowest BCUT2D eigenvalue weighted by atomic mass is 10.1. The Morgan fingerprint density at radius 1 is 1.37 bits per heavy atom. The number of esters is 2. The van der Waals surface area contributed by atoms with Crippen LogP contribution in [0.1, 0.15) is 12.0 Å². The molecule has 5 heteroatoms. The molecule has 2 N–H and O–H groups in total. The van der Waals surface area contributed by atoms with Crippen molar-refractivity contribution in [1.29, 1.82) is 0 Å². The van der Waals surface area contributed by atoms with Crippen LogP contribution in [0.15, 0.2) is 30.3 Å². The molecule has 0 aromatic heterocycles. The summed E-state index contributed by atoms with van der Waals surface area (Å²) in [5.41, 5.74) is 6.69. The van der Waals surface area contributed by atoms with Crippen molar-refractivity contribution in [1.82, 2.24) is 0 Å². The number of ether oxygens (including phenoxy) is 2. The van der Waals surface area contributed by atoms with Crippen molar-refractivity contribution in [3.8, 4) is 0 Å². The molecule has 1 fully saturated rings. The topological polar surface area (TPSA) is 78.6 Å². The van der Waals surface area contributed by atoms with Crippen LogP contribution in [-0.4, -0.2) is 25.1 Å². The number of benzene rings is 1. The predicted molar refractivity (Wildman–Crippen MR) is 67.8 cm³/mol. The van der Waals surface area contributed by atoms with Crippen LogP contribution in [0, 0.1) is 11.8 Å². The van der Waals surface area contributed by atoms with Crippen LogP contribution in [0.25, 0.3) is 0 Å². The van der Waals surface area contributed by atoms with E-state index in [1.54, 1.807) is 0 Å². The fourth-order valence-electron chi connectivity index (χ4n) is 2.03. The highest BCUT2D eigenvalue weighted by molar-refractivity contribution is 5.81. The molecule has 3 atom stereocenters. The highest BCUT2D eigenvalue weighted by atomic mass is 16.5. The van der Waals surface area contributed by atoms with Gasteiger partial charge in [-0.25, -0.2) is 0 Å². The smallest absolute Gasteiger partial charge is 0.323 e. The van der Waals surface area contributed by atoms with E-state index in [9.17, 15) is 9.59 Å². The van der Waals surface area contributed by atoms with Crippen LogP contribution in [0.4, 0.5) is 0 Å². The van der Waals surface area contributed by atoms with E-state index in [1.807, 2.05) is 30.3 Å². The van der Waals surface area contributed by atoms with Crippen LogP contribution in [0.2, 0.25) is 0 Å². The molecule has 1 aliphatic carbocycles. The van der Waals surface area contributed by atoms with Crippen molar-refractivity contribution in [2.45, 2.75) is 19.1 Å². The molecule has 3 unspecified atom stereocenters. The Morgan fingerprint density at radius 3 is 2.68 bits per heavy atom. The van der Waals surface area contributed by atoms with E-state index in [2.05, 4.69) is 4.74 Å². The van der Waals surface area contributed by atoms with Crippen molar-refractivity contribution in [3.05, 3.63) is 35.9 Å². The summed E-state index contributed by atoms with van der Waals surface area (Å²) < 4.78 is 9.75. The van der Waals surface area contributed by atoms with Crippen molar-refractivity contribution in [2.75, 3.05) is 7.11 Å². The molecular formula is C14H17NO4. The molecule has 0 saturated heterocycles. The summed E-state index contributed by atoms with van der Waals surface area (Å²) in [6, 6.07) is 8.62. The van der Waals surface area contributed by atoms with Gasteiger partial charge in [-0.1, -0.05) is 30.3 Å². The van der Waals surface area contributed by atoms with Gasteiger partial charge in [0, 0.05) is 0 Å². The van der Waals surface area contributed by atoms with Gasteiger partial charge in [0.15, 0.2) is 0 Å². The van der Waals surface area contributed by atoms with Crippen molar-refractivity contribution >= 4 is 11.9 Å². The minimum atomic E-state index is -0.757. The molecule has 0 bridgehead atoms. The predicted octanol–water partition coefficient (Wildman–Crippen LogP) is 0.866. The summed E-state index contributed by atoms with van der Waals surface area (Å²) >= 11 is 0. The molecule has 0 aliphatic heterocycles. The third-order valence-electron chi connectivity index (χ3n) is 3.30. The van der Waals surface area contributed by atoms with Gasteiger partial charge in [-0.15, -0.1) is 0 Å². The second-order valence-corrected chi connectivity index (χ2v) is 4.65. The normalized spacial score (nSPS) is 22.4. The molecule has 2 rings (SSSR count). The summed E-state index contributed by atoms with van der Waals surface area (Å²) in [5, 5.41) is 0. The number of rotatable bonds is 5. The van der Waals surface area contributed by atoms with Gasteiger partial charge in [-0.2, -0.15) is 0 Å². The molecule has 0 heterocycles. The quantitative estimate of drug-likeness (QED) is 0.797. The van der Waals surface area contributed by atoms with E-state index in [0.29, 0.717) is 6.42 Å². The molecule has 19 heavy (non-hydrogen) atoms. The minimum absolute atomic E-state index is 0.157. The summed E-state index contributed by atoms with van der Waals surface area (Å²) in [4.78, 5) is 23.0. The number of nitrogens with two attached hydrogens (primary N) is 1. The number of carbonyl (C=O) groups is 2. The Morgan fingerprint density at radius 2 is 2.05 bits per heavy atom. The summed E-state index contributed by atoms with van der Waals surface area (Å²) in [6.07, 6.45) is 0.592. The summed E-state index contributed by atoms with van der Waals surface area (Å²) in [7, 11) is 1.33. The largest absolute Gasteiger partial charge is 0.469 e. The number of carbonyl (C=O) groups excluding carboxylic acids is 2. The van der Waals surface area contributed by atoms with E-state index < -0.39 is 12.0 Å². The zero-order valence-corrected chi connectivity index (χ0v) is 10.7. The number of methoxy groups -OCH3 is 1. The van der Waals surface area contributed by atoms with Crippen molar-refractivity contribution in [3.63, 3.8) is 0 Å². The molecule has 1 aliphatic rings. The molecule has 102 valence electrons. The standard InChI is InChI=1S/C14H17NO4/c1-18-13(16)11-7-10(11)12(15)14(17)19-8-9-5-3-2-4-6-9/h2-6,10-12H,7-8,15H2,1H3. The lowest BCUT2D eigenvalue weighted by molar-refractivity contribution is -0.147. The van der Waals surface area contributed by atoms with Gasteiger partial charge in [0.25, 0.3) is 0 Å². The highest BCUT2D eigenvalue weighted by Crippen LogP contribution is 2.41. The maximum absolute atomic E-state index is 11.8. The maximum Gasteiger partial charge on any atom is 0.323 e. The van der Waals surface area contributed by atoms with E-state index in [4.69, 9.17) is 10.5 Å². The van der Waals surface area contributed by atoms with E-state index >= 15 is 0 Å². The Hall–Kier alpha value is -1.88. The Bertz CT molecular complexity index is 460. The first-order valence-corrected chi connectivity index (χ1v) is 6.17. The van der Waals surface area contributed by atoms with E-state index in [0.717, 1.165) is 5.56 Å². The molecule has 5 nitrogen and oxygen atoms in total. The fourth-order valence-corrected chi connectivity index (χ4v) is 2.03. The lowest BCUT2D eigenvalue weighted by Gasteiger charge is -2.11. The van der Waals surface area contributed by atoms with Gasteiger partial charge in [-0.3, -0.25) is 9.59 Å². The fraction of sp³-hybridized carbons (Fsp3) is 0.429. The Balaban J connectivity index is 1.79. The number of hydrogen-bond donors (Lipinski definition) is 1. The second-order valence-electron chi connectivity index (χ2n) is 4.65. The van der Waals surface area contributed by atoms with Crippen LogP contribution >= 0.6 is 0 Å². The van der Waals surface area contributed by atoms with Crippen LogP contribution in [0.3, 0.4) is 0 Å². The summed E-state index contributed by atoms with van der Waals surface area (Å²) in [6.45, 7) is 0.197. The molecule has 0 radical (unpaired) electrons. The SMILES string of the molecule is COC(=O)C1CC1C(N)C(=O)OCc1ccccc1. The first-order chi connectivity index (χ1) is 9.13. The third kappa shape index (κ3) is 3.32. The van der Waals surface area contributed by atoms with E-state index in [-0.39, 0.29) is 24.4 Å². The van der Waals surface area contributed by atoms with Crippen molar-refractivity contribution < 1.29 is 19.1 Å². The van der Waals surface area contributed by atoms with Gasteiger partial charge < -0.3 is 15.2 Å². The Kier molecular flexibility index (Phi) is 4.16. The third-order valence-corrected chi connectivity index (χ3v) is 3.30. The molecule has 1 aromatic carbocycles. The monoisotopic (exact) mass is 263 g/mol. The van der Waals surface area contributed by atoms with Crippen LogP contribution in [0.5, 0.6) is 0 Å². The Labute approximate surface area is 111 Å². The molecule has 0 spiro atoms. The first-order valence-electron chi connectivity index (χ1n) is 6.17. The van der Waals surface area contributed by atoms with Gasteiger partial charge in [0.2, 0.25) is 0 Å². The average molecular weight is 263 g/mol. The molecular weight excluding hydrogens is 246 g/mol. The lowest BCUT2D eigenvalue weighted by Crippen LogP contribution is -2.35. The second kappa shape index (κ2) is 5.84. The molecule has 1 aromatic rings. The zero-order valence-electron chi connectivity index (χ0n) is 10.7. The molecule has 0 amide bonds. The van der Waals surface area contributed by atoms with Gasteiger partial charge in [0.05, 0.1) is 13.0 Å². The van der Waals surface area contributed by atoms with E-state index in [1.165, 1.54) is 7.11 Å². The number of hydrogen-bond acceptors (Lipinski definition) is 5. The minimum Gasteiger partial charge on any atom is -0.469 e. The van der Waals surface area contributed by atoms with Crippen LogP contribution in [-0.2, 0) is 25.7 Å². The molecule has 1 saturated carbocycles. The van der Waals surface area contributed by atoms with Crippen LogP contribution < -0.4 is 5.73 Å². The average Bonchev–Trinajstić information content (AvgIpc) is 3.24. The van der Waals surface area contributed by atoms with Gasteiger partial charge in [0.1, 0.15) is 12.6 Å². The zero-order chi connectivity index (χ0) is 13.8. The highest BCUT2D eigenvalue weighted by Gasteiger charge is 2.50. The van der Waals surface area contributed by atoms with Crippen molar-refractivity contribution in [2.24, 2.45) is 17.6 Å². The van der Waals surface area contributed by atoms with Gasteiger partial charge >= 0.3 is 11.9 Å². The summed E-state index contributed by atoms with van der Waals surface area (Å²) in [5.74, 6) is -1.20. The van der Waals surface area contributed by atoms with Gasteiger partial charge in [-0.05, 0) is 17.9 Å². The maximum atomic E-state index is 11.8. The first kappa shape index (κ1) is 13.5.